The molecule has 0 saturated carbocycles. The van der Waals surface area contributed by atoms with Crippen LogP contribution in [0.2, 0.25) is 0 Å². The Balaban J connectivity index is 1.73. The second-order valence-corrected chi connectivity index (χ2v) is 8.33. The van der Waals surface area contributed by atoms with Crippen molar-refractivity contribution in [2.24, 2.45) is 0 Å². The summed E-state index contributed by atoms with van der Waals surface area (Å²) < 4.78 is 59.8. The van der Waals surface area contributed by atoms with Gasteiger partial charge in [0.15, 0.2) is 5.60 Å². The van der Waals surface area contributed by atoms with E-state index in [0.717, 1.165) is 53.6 Å². The van der Waals surface area contributed by atoms with Gasteiger partial charge < -0.3 is 5.11 Å². The summed E-state index contributed by atoms with van der Waals surface area (Å²) >= 11 is 1.60. The molecule has 0 aliphatic heterocycles. The maximum atomic E-state index is 15.8. The van der Waals surface area contributed by atoms with Gasteiger partial charge in [0.05, 0.1) is 0 Å². The molecular weight excluding hydrogens is 478 g/mol. The van der Waals surface area contributed by atoms with E-state index in [1.165, 1.54) is 6.07 Å². The monoisotopic (exact) mass is 495 g/mol. The molecule has 2 aromatic carbocycles. The Hall–Kier alpha value is -3.74. The fourth-order valence-corrected chi connectivity index (χ4v) is 3.84. The lowest BCUT2D eigenvalue weighted by atomic mass is 9.80. The van der Waals surface area contributed by atoms with Crippen LogP contribution in [0.1, 0.15) is 27.9 Å². The summed E-state index contributed by atoms with van der Waals surface area (Å²) in [5.41, 5.74) is -4.36. The Morgan fingerprint density at radius 1 is 0.857 bits per heavy atom. The Morgan fingerprint density at radius 2 is 1.51 bits per heavy atom. The van der Waals surface area contributed by atoms with Crippen LogP contribution in [0, 0.1) is 23.5 Å². The topological polar surface area (TPSA) is 58.9 Å². The van der Waals surface area contributed by atoms with Crippen LogP contribution in [0.15, 0.2) is 84.4 Å². The van der Waals surface area contributed by atoms with Crippen molar-refractivity contribution in [2.75, 3.05) is 6.26 Å². The number of pyridine rings is 1. The predicted octanol–water partition coefficient (Wildman–Crippen LogP) is 5.30. The van der Waals surface area contributed by atoms with Crippen LogP contribution in [-0.2, 0) is 11.5 Å². The third-order valence-electron chi connectivity index (χ3n) is 5.28. The average Bonchev–Trinajstić information content (AvgIpc) is 2.88. The van der Waals surface area contributed by atoms with E-state index in [4.69, 9.17) is 0 Å². The number of hydrogen-bond acceptors (Lipinski definition) is 5. The molecule has 0 fully saturated rings. The summed E-state index contributed by atoms with van der Waals surface area (Å²) in [7, 11) is 0. The lowest BCUT2D eigenvalue weighted by Gasteiger charge is -2.36. The summed E-state index contributed by atoms with van der Waals surface area (Å²) in [6.07, 6.45) is 6.04. The predicted molar refractivity (Wildman–Crippen MR) is 124 cm³/mol. The highest BCUT2D eigenvalue weighted by atomic mass is 32.2. The Labute approximate surface area is 203 Å². The lowest BCUT2D eigenvalue weighted by Crippen LogP contribution is -2.45. The lowest BCUT2D eigenvalue weighted by molar-refractivity contribution is -0.175. The van der Waals surface area contributed by atoms with Gasteiger partial charge in [-0.15, -0.1) is 11.8 Å². The van der Waals surface area contributed by atoms with Crippen LogP contribution in [-0.4, -0.2) is 26.3 Å². The zero-order chi connectivity index (χ0) is 25.1. The molecule has 1 unspecified atom stereocenters. The number of hydrogen-bond donors (Lipinski definition) is 1. The average molecular weight is 496 g/mol. The quantitative estimate of drug-likeness (QED) is 0.231. The van der Waals surface area contributed by atoms with Crippen LogP contribution >= 0.6 is 11.8 Å². The Morgan fingerprint density at radius 3 is 2.11 bits per heavy atom. The van der Waals surface area contributed by atoms with E-state index in [-0.39, 0.29) is 0 Å². The molecule has 9 heteroatoms. The molecule has 0 aliphatic rings. The number of benzene rings is 2. The molecule has 4 aromatic rings. The fourth-order valence-electron chi connectivity index (χ4n) is 3.43. The van der Waals surface area contributed by atoms with Gasteiger partial charge in [0.1, 0.15) is 23.7 Å². The Kier molecular flexibility index (Phi) is 6.87. The minimum absolute atomic E-state index is 0.359. The first-order valence-electron chi connectivity index (χ1n) is 10.2. The first kappa shape index (κ1) is 24.4. The van der Waals surface area contributed by atoms with Crippen LogP contribution in [0.25, 0.3) is 0 Å². The molecule has 176 valence electrons. The maximum absolute atomic E-state index is 15.8. The molecule has 1 N–H and O–H groups in total. The summed E-state index contributed by atoms with van der Waals surface area (Å²) in [5.74, 6) is -0.720. The van der Waals surface area contributed by atoms with Crippen molar-refractivity contribution in [2.45, 2.75) is 16.4 Å². The standard InChI is InChI=1S/C26H17F4N3OS/c1-35-21-8-4-17(5-9-21)2-3-18-6-11-24(33-13-18)26(29,30)25(34,19-14-31-16-32-15-19)22-10-7-20(27)12-23(22)28/h4-16,34H,1H3. The van der Waals surface area contributed by atoms with Crippen molar-refractivity contribution in [1.82, 2.24) is 15.0 Å². The highest BCUT2D eigenvalue weighted by Gasteiger charge is 2.58. The minimum Gasteiger partial charge on any atom is -0.374 e. The van der Waals surface area contributed by atoms with Crippen molar-refractivity contribution in [1.29, 1.82) is 0 Å². The van der Waals surface area contributed by atoms with E-state index >= 15 is 8.78 Å². The third kappa shape index (κ3) is 4.76. The first-order chi connectivity index (χ1) is 16.8. The van der Waals surface area contributed by atoms with Gasteiger partial charge >= 0.3 is 5.92 Å². The van der Waals surface area contributed by atoms with Crippen molar-refractivity contribution >= 4 is 11.8 Å². The molecule has 0 amide bonds. The van der Waals surface area contributed by atoms with Crippen molar-refractivity contribution in [3.05, 3.63) is 119 Å². The first-order valence-corrected chi connectivity index (χ1v) is 11.4. The zero-order valence-corrected chi connectivity index (χ0v) is 19.0. The molecular formula is C26H17F4N3OS. The molecule has 0 aliphatic carbocycles. The molecule has 1 atom stereocenters. The molecule has 35 heavy (non-hydrogen) atoms. The van der Waals surface area contributed by atoms with E-state index in [1.54, 1.807) is 11.8 Å². The van der Waals surface area contributed by atoms with Gasteiger partial charge in [-0.2, -0.15) is 8.78 Å². The van der Waals surface area contributed by atoms with Gasteiger partial charge in [0, 0.05) is 51.8 Å². The number of nitrogens with zero attached hydrogens (tertiary/aromatic N) is 3. The van der Waals surface area contributed by atoms with E-state index in [1.807, 2.05) is 30.5 Å². The summed E-state index contributed by atoms with van der Waals surface area (Å²) in [6, 6.07) is 11.8. The molecule has 2 aromatic heterocycles. The summed E-state index contributed by atoms with van der Waals surface area (Å²) in [6.45, 7) is 0. The largest absolute Gasteiger partial charge is 0.374 e. The molecule has 0 saturated heterocycles. The number of aliphatic hydroxyl groups is 1. The van der Waals surface area contributed by atoms with Crippen molar-refractivity contribution < 1.29 is 22.7 Å². The van der Waals surface area contributed by atoms with E-state index in [0.29, 0.717) is 11.6 Å². The number of halogens is 4. The molecule has 0 bridgehead atoms. The maximum Gasteiger partial charge on any atom is 0.326 e. The third-order valence-corrected chi connectivity index (χ3v) is 6.02. The van der Waals surface area contributed by atoms with Gasteiger partial charge in [-0.25, -0.2) is 18.7 Å². The Bertz CT molecular complexity index is 1390. The molecule has 4 rings (SSSR count). The zero-order valence-electron chi connectivity index (χ0n) is 18.2. The highest BCUT2D eigenvalue weighted by Crippen LogP contribution is 2.49. The van der Waals surface area contributed by atoms with Crippen LogP contribution in [0.4, 0.5) is 17.6 Å². The normalized spacial score (nSPS) is 13.0. The highest BCUT2D eigenvalue weighted by molar-refractivity contribution is 7.98. The van der Waals surface area contributed by atoms with Gasteiger partial charge in [-0.3, -0.25) is 4.98 Å². The SMILES string of the molecule is CSc1ccc(C#Cc2ccc(C(F)(F)C(O)(c3cncnc3)c3ccc(F)cc3F)nc2)cc1. The fraction of sp³-hybridized carbons (Fsp3) is 0.115. The molecule has 0 radical (unpaired) electrons. The number of rotatable bonds is 5. The van der Waals surface area contributed by atoms with E-state index in [2.05, 4.69) is 26.8 Å². The number of alkyl halides is 2. The minimum atomic E-state index is -4.16. The van der Waals surface area contributed by atoms with E-state index in [9.17, 15) is 13.9 Å². The van der Waals surface area contributed by atoms with Crippen molar-refractivity contribution in [3.63, 3.8) is 0 Å². The second-order valence-electron chi connectivity index (χ2n) is 7.45. The number of aromatic nitrogens is 3. The molecule has 4 nitrogen and oxygen atoms in total. The molecule has 2 heterocycles. The summed E-state index contributed by atoms with van der Waals surface area (Å²) in [5, 5.41) is 11.3. The van der Waals surface area contributed by atoms with Crippen LogP contribution in [0.5, 0.6) is 0 Å². The summed E-state index contributed by atoms with van der Waals surface area (Å²) in [4.78, 5) is 12.2. The van der Waals surface area contributed by atoms with Gasteiger partial charge in [-0.1, -0.05) is 11.8 Å². The van der Waals surface area contributed by atoms with Crippen molar-refractivity contribution in [3.8, 4) is 11.8 Å². The van der Waals surface area contributed by atoms with Gasteiger partial charge in [0.2, 0.25) is 0 Å². The number of thioether (sulfide) groups is 1. The van der Waals surface area contributed by atoms with Crippen LogP contribution < -0.4 is 0 Å². The van der Waals surface area contributed by atoms with E-state index < -0.39 is 40.0 Å². The van der Waals surface area contributed by atoms with Crippen LogP contribution in [0.3, 0.4) is 0 Å². The smallest absolute Gasteiger partial charge is 0.326 e. The van der Waals surface area contributed by atoms with Gasteiger partial charge in [-0.05, 0) is 54.8 Å². The molecule has 0 spiro atoms. The van der Waals surface area contributed by atoms with Gasteiger partial charge in [0.25, 0.3) is 0 Å². The second kappa shape index (κ2) is 9.86.